The van der Waals surface area contributed by atoms with Crippen LogP contribution >= 0.6 is 0 Å². The summed E-state index contributed by atoms with van der Waals surface area (Å²) in [5, 5.41) is 5.24. The van der Waals surface area contributed by atoms with E-state index in [-0.39, 0.29) is 11.8 Å². The molecule has 128 valence electrons. The third-order valence-electron chi connectivity index (χ3n) is 3.97. The molecule has 0 aromatic carbocycles. The van der Waals surface area contributed by atoms with Crippen molar-refractivity contribution in [3.05, 3.63) is 29.6 Å². The number of amides is 2. The van der Waals surface area contributed by atoms with E-state index < -0.39 is 6.04 Å². The molecule has 2 rings (SSSR count). The van der Waals surface area contributed by atoms with Gasteiger partial charge >= 0.3 is 0 Å². The summed E-state index contributed by atoms with van der Waals surface area (Å²) in [5.74, 6) is -0.0201. The van der Waals surface area contributed by atoms with Gasteiger partial charge in [-0.3, -0.25) is 14.6 Å². The first-order valence-electron chi connectivity index (χ1n) is 8.57. The van der Waals surface area contributed by atoms with E-state index in [1.54, 1.807) is 13.1 Å². The van der Waals surface area contributed by atoms with Crippen molar-refractivity contribution in [3.8, 4) is 0 Å². The molecule has 0 saturated heterocycles. The minimum Gasteiger partial charge on any atom is -0.357 e. The maximum absolute atomic E-state index is 12.0. The quantitative estimate of drug-likeness (QED) is 0.896. The predicted molar refractivity (Wildman–Crippen MR) is 92.0 cm³/mol. The highest BCUT2D eigenvalue weighted by Gasteiger charge is 2.23. The lowest BCUT2D eigenvalue weighted by atomic mass is 9.86. The maximum atomic E-state index is 12.0. The van der Waals surface area contributed by atoms with Crippen molar-refractivity contribution in [2.75, 3.05) is 7.05 Å². The molecule has 2 N–H and O–H groups in total. The smallest absolute Gasteiger partial charge is 0.248 e. The van der Waals surface area contributed by atoms with Crippen molar-refractivity contribution in [3.63, 3.8) is 0 Å². The SMILES string of the molecule is CC.CNC(=O)C(NC(C)=O)c1cccc(C2CCCCC2)n1. The van der Waals surface area contributed by atoms with Gasteiger partial charge in [-0.25, -0.2) is 0 Å². The molecule has 0 aliphatic heterocycles. The molecule has 0 spiro atoms. The van der Waals surface area contributed by atoms with Crippen molar-refractivity contribution in [1.82, 2.24) is 15.6 Å². The Bertz CT molecular complexity index is 511. The number of hydrogen-bond donors (Lipinski definition) is 2. The summed E-state index contributed by atoms with van der Waals surface area (Å²) in [4.78, 5) is 27.9. The Labute approximate surface area is 139 Å². The number of carbonyl (C=O) groups is 2. The fourth-order valence-corrected chi connectivity index (χ4v) is 2.88. The van der Waals surface area contributed by atoms with Crippen LogP contribution in [0.5, 0.6) is 0 Å². The van der Waals surface area contributed by atoms with E-state index in [9.17, 15) is 9.59 Å². The van der Waals surface area contributed by atoms with Crippen LogP contribution < -0.4 is 10.6 Å². The van der Waals surface area contributed by atoms with Gasteiger partial charge in [-0.1, -0.05) is 39.2 Å². The highest BCUT2D eigenvalue weighted by atomic mass is 16.2. The fraction of sp³-hybridized carbons (Fsp3) is 0.611. The Morgan fingerprint density at radius 3 is 2.39 bits per heavy atom. The Kier molecular flexibility index (Phi) is 8.30. The summed E-state index contributed by atoms with van der Waals surface area (Å²) >= 11 is 0. The summed E-state index contributed by atoms with van der Waals surface area (Å²) in [5.41, 5.74) is 1.64. The van der Waals surface area contributed by atoms with Gasteiger partial charge in [0.1, 0.15) is 0 Å². The maximum Gasteiger partial charge on any atom is 0.248 e. The van der Waals surface area contributed by atoms with E-state index >= 15 is 0 Å². The number of carbonyl (C=O) groups excluding carboxylic acids is 2. The molecule has 1 aromatic rings. The second-order valence-electron chi connectivity index (χ2n) is 5.57. The van der Waals surface area contributed by atoms with Crippen molar-refractivity contribution < 1.29 is 9.59 Å². The van der Waals surface area contributed by atoms with Crippen LogP contribution in [0.4, 0.5) is 0 Å². The van der Waals surface area contributed by atoms with Gasteiger partial charge in [0.25, 0.3) is 0 Å². The van der Waals surface area contributed by atoms with Crippen molar-refractivity contribution in [1.29, 1.82) is 0 Å². The Balaban J connectivity index is 0.00000127. The summed E-state index contributed by atoms with van der Waals surface area (Å²) in [6.45, 7) is 5.40. The molecule has 23 heavy (non-hydrogen) atoms. The van der Waals surface area contributed by atoms with E-state index in [1.807, 2.05) is 26.0 Å². The Morgan fingerprint density at radius 1 is 1.17 bits per heavy atom. The van der Waals surface area contributed by atoms with Gasteiger partial charge in [-0.2, -0.15) is 0 Å². The van der Waals surface area contributed by atoms with E-state index in [0.717, 1.165) is 18.5 Å². The van der Waals surface area contributed by atoms with Gasteiger partial charge in [0.2, 0.25) is 11.8 Å². The molecule has 1 heterocycles. The highest BCUT2D eigenvalue weighted by molar-refractivity contribution is 5.87. The Morgan fingerprint density at radius 2 is 1.83 bits per heavy atom. The first kappa shape index (κ1) is 19.1. The number of pyridine rings is 1. The summed E-state index contributed by atoms with van der Waals surface area (Å²) in [6.07, 6.45) is 6.08. The summed E-state index contributed by atoms with van der Waals surface area (Å²) < 4.78 is 0. The van der Waals surface area contributed by atoms with E-state index in [0.29, 0.717) is 11.6 Å². The van der Waals surface area contributed by atoms with Crippen molar-refractivity contribution in [2.24, 2.45) is 0 Å². The first-order valence-corrected chi connectivity index (χ1v) is 8.57. The van der Waals surface area contributed by atoms with Crippen LogP contribution in [0.3, 0.4) is 0 Å². The predicted octanol–water partition coefficient (Wildman–Crippen LogP) is 3.08. The number of rotatable bonds is 4. The Hall–Kier alpha value is -1.91. The molecule has 2 amide bonds. The van der Waals surface area contributed by atoms with Crippen LogP contribution in [0.15, 0.2) is 18.2 Å². The van der Waals surface area contributed by atoms with Crippen LogP contribution in [0, 0.1) is 0 Å². The zero-order chi connectivity index (χ0) is 17.2. The molecule has 1 aliphatic carbocycles. The largest absolute Gasteiger partial charge is 0.357 e. The van der Waals surface area contributed by atoms with E-state index in [1.165, 1.54) is 26.2 Å². The molecule has 1 atom stereocenters. The average molecular weight is 319 g/mol. The number of nitrogens with one attached hydrogen (secondary N) is 2. The van der Waals surface area contributed by atoms with Gasteiger partial charge in [0.05, 0.1) is 5.69 Å². The number of hydrogen-bond acceptors (Lipinski definition) is 3. The third-order valence-corrected chi connectivity index (χ3v) is 3.97. The van der Waals surface area contributed by atoms with Crippen molar-refractivity contribution >= 4 is 11.8 Å². The monoisotopic (exact) mass is 319 g/mol. The van der Waals surface area contributed by atoms with Gasteiger partial charge < -0.3 is 10.6 Å². The summed E-state index contributed by atoms with van der Waals surface area (Å²) in [7, 11) is 1.56. The number of nitrogens with zero attached hydrogens (tertiary/aromatic N) is 1. The van der Waals surface area contributed by atoms with Crippen LogP contribution in [0.25, 0.3) is 0 Å². The average Bonchev–Trinajstić information content (AvgIpc) is 2.61. The lowest BCUT2D eigenvalue weighted by molar-refractivity contribution is -0.128. The van der Waals surface area contributed by atoms with E-state index in [4.69, 9.17) is 0 Å². The minimum absolute atomic E-state index is 0.242. The van der Waals surface area contributed by atoms with Gasteiger partial charge in [0, 0.05) is 25.6 Å². The van der Waals surface area contributed by atoms with Crippen molar-refractivity contribution in [2.45, 2.75) is 64.8 Å². The molecule has 0 radical (unpaired) electrons. The normalized spacial score (nSPS) is 15.8. The molecule has 1 fully saturated rings. The minimum atomic E-state index is -0.726. The van der Waals surface area contributed by atoms with Gasteiger partial charge in [0.15, 0.2) is 6.04 Å². The second-order valence-corrected chi connectivity index (χ2v) is 5.57. The lowest BCUT2D eigenvalue weighted by Crippen LogP contribution is -2.38. The van der Waals surface area contributed by atoms with Crippen LogP contribution in [0.2, 0.25) is 0 Å². The van der Waals surface area contributed by atoms with Gasteiger partial charge in [-0.15, -0.1) is 0 Å². The van der Waals surface area contributed by atoms with Gasteiger partial charge in [-0.05, 0) is 25.0 Å². The zero-order valence-electron chi connectivity index (χ0n) is 14.7. The number of likely N-dealkylation sites (N-methyl/N-ethyl adjacent to an activating group) is 1. The van der Waals surface area contributed by atoms with Crippen LogP contribution in [0.1, 0.15) is 76.2 Å². The first-order chi connectivity index (χ1) is 11.1. The second kappa shape index (κ2) is 9.98. The lowest BCUT2D eigenvalue weighted by Gasteiger charge is -2.22. The molecule has 0 bridgehead atoms. The van der Waals surface area contributed by atoms with Crippen LogP contribution in [-0.2, 0) is 9.59 Å². The topological polar surface area (TPSA) is 71.1 Å². The zero-order valence-corrected chi connectivity index (χ0v) is 14.7. The van der Waals surface area contributed by atoms with E-state index in [2.05, 4.69) is 15.6 Å². The van der Waals surface area contributed by atoms with Crippen LogP contribution in [-0.4, -0.2) is 23.8 Å². The number of aromatic nitrogens is 1. The fourth-order valence-electron chi connectivity index (χ4n) is 2.88. The molecule has 5 nitrogen and oxygen atoms in total. The standard InChI is InChI=1S/C16H23N3O2.C2H6/c1-11(20)18-15(16(21)17-2)14-10-6-9-13(19-14)12-7-4-3-5-8-12;1-2/h6,9-10,12,15H,3-5,7-8H2,1-2H3,(H,17,21)(H,18,20);1-2H3. The molecule has 5 heteroatoms. The molecule has 1 aliphatic rings. The molecule has 1 aromatic heterocycles. The summed E-state index contributed by atoms with van der Waals surface area (Å²) in [6, 6.07) is 5.01. The molecular weight excluding hydrogens is 290 g/mol. The molecular formula is C18H29N3O2. The molecule has 1 unspecified atom stereocenters. The third kappa shape index (κ3) is 5.66. The highest BCUT2D eigenvalue weighted by Crippen LogP contribution is 2.31. The molecule has 1 saturated carbocycles.